The van der Waals surface area contributed by atoms with Gasteiger partial charge in [-0.3, -0.25) is 4.98 Å². The number of hydrogen-bond donors (Lipinski definition) is 0. The number of nitrogens with zero attached hydrogens (tertiary/aromatic N) is 3. The Balaban J connectivity index is 2.09. The number of para-hydroxylation sites is 2. The molecule has 0 unspecified atom stereocenters. The summed E-state index contributed by atoms with van der Waals surface area (Å²) in [6.45, 7) is 5.10. The summed E-state index contributed by atoms with van der Waals surface area (Å²) in [6, 6.07) is 12.4. The number of aryl methyl sites for hydroxylation is 2. The van der Waals surface area contributed by atoms with Crippen LogP contribution in [0.25, 0.3) is 11.0 Å². The molecule has 0 saturated heterocycles. The van der Waals surface area contributed by atoms with Crippen LogP contribution in [0.2, 0.25) is 0 Å². The van der Waals surface area contributed by atoms with Crippen molar-refractivity contribution < 1.29 is 0 Å². The SMILES string of the molecule is CCCc1nc2ccccc2n1Cc1ncccc1C. The first-order valence-corrected chi connectivity index (χ1v) is 7.14. The molecule has 0 amide bonds. The summed E-state index contributed by atoms with van der Waals surface area (Å²) in [6.07, 6.45) is 3.96. The molecule has 102 valence electrons. The Hall–Kier alpha value is -2.16. The summed E-state index contributed by atoms with van der Waals surface area (Å²) in [5, 5.41) is 0. The largest absolute Gasteiger partial charge is 0.322 e. The van der Waals surface area contributed by atoms with E-state index in [9.17, 15) is 0 Å². The van der Waals surface area contributed by atoms with Gasteiger partial charge in [0.2, 0.25) is 0 Å². The lowest BCUT2D eigenvalue weighted by molar-refractivity contribution is 0.706. The third kappa shape index (κ3) is 2.31. The van der Waals surface area contributed by atoms with Crippen molar-refractivity contribution in [3.8, 4) is 0 Å². The van der Waals surface area contributed by atoms with Gasteiger partial charge < -0.3 is 4.57 Å². The fraction of sp³-hybridized carbons (Fsp3) is 0.294. The van der Waals surface area contributed by atoms with E-state index in [1.807, 2.05) is 18.3 Å². The van der Waals surface area contributed by atoms with Crippen molar-refractivity contribution in [3.63, 3.8) is 0 Å². The molecule has 2 heterocycles. The Bertz CT molecular complexity index is 728. The second-order valence-electron chi connectivity index (χ2n) is 5.12. The van der Waals surface area contributed by atoms with Gasteiger partial charge in [0, 0.05) is 12.6 Å². The molecular formula is C17H19N3. The van der Waals surface area contributed by atoms with Crippen LogP contribution in [0.1, 0.15) is 30.4 Å². The van der Waals surface area contributed by atoms with Gasteiger partial charge in [0.05, 0.1) is 23.3 Å². The summed E-state index contributed by atoms with van der Waals surface area (Å²) in [4.78, 5) is 9.28. The molecule has 0 aliphatic heterocycles. The number of aromatic nitrogens is 3. The minimum absolute atomic E-state index is 0.794. The van der Waals surface area contributed by atoms with Gasteiger partial charge >= 0.3 is 0 Å². The lowest BCUT2D eigenvalue weighted by Crippen LogP contribution is -2.07. The maximum absolute atomic E-state index is 4.76. The van der Waals surface area contributed by atoms with Gasteiger partial charge in [-0.2, -0.15) is 0 Å². The predicted octanol–water partition coefficient (Wildman–Crippen LogP) is 3.74. The molecule has 2 aromatic heterocycles. The van der Waals surface area contributed by atoms with Gasteiger partial charge in [-0.05, 0) is 37.1 Å². The smallest absolute Gasteiger partial charge is 0.110 e. The average molecular weight is 265 g/mol. The van der Waals surface area contributed by atoms with Crippen molar-refractivity contribution in [2.24, 2.45) is 0 Å². The quantitative estimate of drug-likeness (QED) is 0.719. The van der Waals surface area contributed by atoms with E-state index in [4.69, 9.17) is 4.98 Å². The molecule has 0 N–H and O–H groups in total. The number of benzene rings is 1. The monoisotopic (exact) mass is 265 g/mol. The van der Waals surface area contributed by atoms with Crippen molar-refractivity contribution in [3.05, 3.63) is 59.7 Å². The normalized spacial score (nSPS) is 11.1. The zero-order valence-electron chi connectivity index (χ0n) is 12.0. The van der Waals surface area contributed by atoms with E-state index in [1.165, 1.54) is 11.1 Å². The van der Waals surface area contributed by atoms with Gasteiger partial charge in [-0.25, -0.2) is 4.98 Å². The Kier molecular flexibility index (Phi) is 3.50. The molecule has 0 fully saturated rings. The van der Waals surface area contributed by atoms with E-state index in [-0.39, 0.29) is 0 Å². The van der Waals surface area contributed by atoms with E-state index < -0.39 is 0 Å². The summed E-state index contributed by atoms with van der Waals surface area (Å²) in [7, 11) is 0. The molecular weight excluding hydrogens is 246 g/mol. The first-order valence-electron chi connectivity index (χ1n) is 7.14. The van der Waals surface area contributed by atoms with E-state index >= 15 is 0 Å². The van der Waals surface area contributed by atoms with Gasteiger partial charge in [0.25, 0.3) is 0 Å². The van der Waals surface area contributed by atoms with Crippen molar-refractivity contribution in [2.45, 2.75) is 33.2 Å². The summed E-state index contributed by atoms with van der Waals surface area (Å²) in [5.41, 5.74) is 4.62. The molecule has 3 nitrogen and oxygen atoms in total. The van der Waals surface area contributed by atoms with Crippen LogP contribution in [0.4, 0.5) is 0 Å². The molecule has 3 rings (SSSR count). The minimum Gasteiger partial charge on any atom is -0.322 e. The number of pyridine rings is 1. The molecule has 0 atom stereocenters. The zero-order chi connectivity index (χ0) is 13.9. The van der Waals surface area contributed by atoms with E-state index in [0.29, 0.717) is 0 Å². The van der Waals surface area contributed by atoms with Gasteiger partial charge in [-0.15, -0.1) is 0 Å². The third-order valence-electron chi connectivity index (χ3n) is 3.63. The van der Waals surface area contributed by atoms with E-state index in [0.717, 1.165) is 36.4 Å². The van der Waals surface area contributed by atoms with E-state index in [1.54, 1.807) is 0 Å². The Labute approximate surface area is 119 Å². The molecule has 3 heteroatoms. The molecule has 0 aliphatic carbocycles. The van der Waals surface area contributed by atoms with E-state index in [2.05, 4.69) is 47.7 Å². The zero-order valence-corrected chi connectivity index (χ0v) is 12.0. The van der Waals surface area contributed by atoms with Gasteiger partial charge in [0.15, 0.2) is 0 Å². The third-order valence-corrected chi connectivity index (χ3v) is 3.63. The molecule has 0 bridgehead atoms. The fourth-order valence-electron chi connectivity index (χ4n) is 2.55. The van der Waals surface area contributed by atoms with Crippen molar-refractivity contribution in [1.82, 2.24) is 14.5 Å². The standard InChI is InChI=1S/C17H19N3/c1-3-7-17-19-14-9-4-5-10-16(14)20(17)12-15-13(2)8-6-11-18-15/h4-6,8-11H,3,7,12H2,1-2H3. The maximum Gasteiger partial charge on any atom is 0.110 e. The van der Waals surface area contributed by atoms with Crippen molar-refractivity contribution >= 4 is 11.0 Å². The molecule has 0 saturated carbocycles. The summed E-state index contributed by atoms with van der Waals surface area (Å²) < 4.78 is 2.30. The average Bonchev–Trinajstić information content (AvgIpc) is 2.80. The second-order valence-corrected chi connectivity index (χ2v) is 5.12. The molecule has 0 radical (unpaired) electrons. The highest BCUT2D eigenvalue weighted by atomic mass is 15.1. The highest BCUT2D eigenvalue weighted by Crippen LogP contribution is 2.19. The number of imidazole rings is 1. The first-order chi connectivity index (χ1) is 9.79. The van der Waals surface area contributed by atoms with Crippen LogP contribution in [0.5, 0.6) is 0 Å². The topological polar surface area (TPSA) is 30.7 Å². The fourth-order valence-corrected chi connectivity index (χ4v) is 2.55. The predicted molar refractivity (Wildman–Crippen MR) is 81.8 cm³/mol. The number of hydrogen-bond acceptors (Lipinski definition) is 2. The van der Waals surface area contributed by atoms with Crippen LogP contribution in [-0.2, 0) is 13.0 Å². The number of fused-ring (bicyclic) bond motifs is 1. The Morgan fingerprint density at radius 2 is 1.95 bits per heavy atom. The van der Waals surface area contributed by atoms with Crippen molar-refractivity contribution in [1.29, 1.82) is 0 Å². The molecule has 0 spiro atoms. The molecule has 20 heavy (non-hydrogen) atoms. The van der Waals surface area contributed by atoms with Gasteiger partial charge in [0.1, 0.15) is 5.82 Å². The van der Waals surface area contributed by atoms with Crippen LogP contribution >= 0.6 is 0 Å². The maximum atomic E-state index is 4.76. The van der Waals surface area contributed by atoms with Gasteiger partial charge in [-0.1, -0.05) is 25.1 Å². The highest BCUT2D eigenvalue weighted by molar-refractivity contribution is 5.76. The summed E-state index contributed by atoms with van der Waals surface area (Å²) in [5.74, 6) is 1.15. The number of rotatable bonds is 4. The molecule has 3 aromatic rings. The van der Waals surface area contributed by atoms with Crippen LogP contribution < -0.4 is 0 Å². The lowest BCUT2D eigenvalue weighted by Gasteiger charge is -2.10. The van der Waals surface area contributed by atoms with Crippen molar-refractivity contribution in [2.75, 3.05) is 0 Å². The van der Waals surface area contributed by atoms with Crippen LogP contribution in [0.15, 0.2) is 42.6 Å². The minimum atomic E-state index is 0.794. The molecule has 1 aromatic carbocycles. The summed E-state index contributed by atoms with van der Waals surface area (Å²) >= 11 is 0. The second kappa shape index (κ2) is 5.45. The van der Waals surface area contributed by atoms with Crippen LogP contribution in [0.3, 0.4) is 0 Å². The Morgan fingerprint density at radius 3 is 2.75 bits per heavy atom. The van der Waals surface area contributed by atoms with Crippen LogP contribution in [0, 0.1) is 6.92 Å². The van der Waals surface area contributed by atoms with Crippen LogP contribution in [-0.4, -0.2) is 14.5 Å². The highest BCUT2D eigenvalue weighted by Gasteiger charge is 2.11. The lowest BCUT2D eigenvalue weighted by atomic mass is 10.2. The molecule has 0 aliphatic rings. The Morgan fingerprint density at radius 1 is 1.10 bits per heavy atom. The first kappa shape index (κ1) is 12.9.